The van der Waals surface area contributed by atoms with Crippen molar-refractivity contribution in [2.75, 3.05) is 33.3 Å². The van der Waals surface area contributed by atoms with E-state index in [1.165, 1.54) is 12.1 Å². The molecule has 3 rings (SSSR count). The smallest absolute Gasteiger partial charge is 0.102 e. The predicted octanol–water partition coefficient (Wildman–Crippen LogP) is 2.83. The Labute approximate surface area is 218 Å². The molecule has 0 aromatic heterocycles. The molecule has 0 spiro atoms. The van der Waals surface area contributed by atoms with Crippen molar-refractivity contribution in [3.8, 4) is 22.3 Å². The molecular formula is C27H31INO5-. The summed E-state index contributed by atoms with van der Waals surface area (Å²) in [5.74, 6) is -2.73. The third-order valence-electron chi connectivity index (χ3n) is 5.94. The maximum absolute atomic E-state index is 11.6. The van der Waals surface area contributed by atoms with Gasteiger partial charge in [-0.1, -0.05) is 72.8 Å². The van der Waals surface area contributed by atoms with Crippen LogP contribution in [0.2, 0.25) is 0 Å². The van der Waals surface area contributed by atoms with Gasteiger partial charge in [0.1, 0.15) is 6.54 Å². The number of nitrogens with zero attached hydrogens (tertiary/aromatic N) is 1. The molecule has 0 bridgehead atoms. The Morgan fingerprint density at radius 1 is 0.735 bits per heavy atom. The van der Waals surface area contributed by atoms with Crippen LogP contribution in [0.1, 0.15) is 34.6 Å². The van der Waals surface area contributed by atoms with Crippen molar-refractivity contribution < 1.29 is 29.4 Å². The highest BCUT2D eigenvalue weighted by Gasteiger charge is 2.18. The van der Waals surface area contributed by atoms with Crippen LogP contribution in [-0.2, 0) is 0 Å². The van der Waals surface area contributed by atoms with Crippen molar-refractivity contribution in [1.29, 1.82) is 0 Å². The average molecular weight is 576 g/mol. The third kappa shape index (κ3) is 7.38. The molecule has 1 N–H and O–H groups in total. The molecule has 6 nitrogen and oxygen atoms in total. The van der Waals surface area contributed by atoms with E-state index in [1.54, 1.807) is 60.7 Å². The zero-order valence-electron chi connectivity index (χ0n) is 19.7. The quantitative estimate of drug-likeness (QED) is 0.329. The van der Waals surface area contributed by atoms with E-state index in [9.17, 15) is 19.8 Å². The van der Waals surface area contributed by atoms with Gasteiger partial charge in [-0.15, -0.1) is 24.0 Å². The Balaban J connectivity index is 0.000000496. The molecule has 0 radical (unpaired) electrons. The topological polar surface area (TPSA) is 100 Å². The average Bonchev–Trinajstić information content (AvgIpc) is 2.84. The molecule has 0 saturated carbocycles. The SMILES string of the molecule is CC[N+](C)(CC)CCO.I.O=C([O-])c1ccc(C(=O)[O-])c(-c2ccccc2)c1-c1ccccc1. The Morgan fingerprint density at radius 3 is 1.32 bits per heavy atom. The first-order valence-corrected chi connectivity index (χ1v) is 10.9. The maximum atomic E-state index is 11.6. The second kappa shape index (κ2) is 13.8. The van der Waals surface area contributed by atoms with Crippen molar-refractivity contribution in [1.82, 2.24) is 0 Å². The van der Waals surface area contributed by atoms with Gasteiger partial charge in [0.15, 0.2) is 0 Å². The summed E-state index contributed by atoms with van der Waals surface area (Å²) < 4.78 is 0.983. The van der Waals surface area contributed by atoms with Gasteiger partial charge in [0.25, 0.3) is 0 Å². The van der Waals surface area contributed by atoms with Gasteiger partial charge in [-0.2, -0.15) is 0 Å². The number of quaternary nitrogens is 1. The largest absolute Gasteiger partial charge is 0.545 e. The number of aliphatic hydroxyl groups is 1. The van der Waals surface area contributed by atoms with Gasteiger partial charge in [-0.3, -0.25) is 0 Å². The van der Waals surface area contributed by atoms with Gasteiger partial charge < -0.3 is 29.4 Å². The molecule has 0 saturated heterocycles. The number of benzene rings is 3. The Hall–Kier alpha value is -2.75. The Bertz CT molecular complexity index is 991. The molecule has 7 heteroatoms. The first-order valence-electron chi connectivity index (χ1n) is 10.9. The molecule has 0 aliphatic heterocycles. The lowest BCUT2D eigenvalue weighted by atomic mass is 9.87. The zero-order chi connectivity index (χ0) is 24.4. The molecule has 0 atom stereocenters. The summed E-state index contributed by atoms with van der Waals surface area (Å²) in [4.78, 5) is 23.2. The first-order chi connectivity index (χ1) is 15.8. The highest BCUT2D eigenvalue weighted by Crippen LogP contribution is 2.37. The number of rotatable bonds is 8. The van der Waals surface area contributed by atoms with E-state index >= 15 is 0 Å². The van der Waals surface area contributed by atoms with Gasteiger partial charge in [0, 0.05) is 11.1 Å². The van der Waals surface area contributed by atoms with E-state index in [0.29, 0.717) is 28.9 Å². The standard InChI is InChI=1S/C20H14O4.C7H18NO.HI/c21-19(22)15-11-12-16(20(23)24)18(14-9-5-2-6-10-14)17(15)13-7-3-1-4-8-13;1-4-8(3,5-2)6-7-9;/h1-12H,(H,21,22)(H,23,24);9H,4-7H2,1-3H3;1H/q;+1;/p-2. The predicted molar refractivity (Wildman–Crippen MR) is 141 cm³/mol. The molecule has 0 heterocycles. The fourth-order valence-corrected chi connectivity index (χ4v) is 3.53. The molecule has 182 valence electrons. The lowest BCUT2D eigenvalue weighted by molar-refractivity contribution is -0.906. The second-order valence-electron chi connectivity index (χ2n) is 7.92. The van der Waals surface area contributed by atoms with Crippen LogP contribution in [0.25, 0.3) is 22.3 Å². The van der Waals surface area contributed by atoms with Gasteiger partial charge in [-0.05, 0) is 36.1 Å². The van der Waals surface area contributed by atoms with E-state index in [1.807, 2.05) is 0 Å². The van der Waals surface area contributed by atoms with Gasteiger partial charge in [0.2, 0.25) is 0 Å². The molecule has 0 unspecified atom stereocenters. The highest BCUT2D eigenvalue weighted by atomic mass is 127. The van der Waals surface area contributed by atoms with Crippen LogP contribution < -0.4 is 10.2 Å². The summed E-state index contributed by atoms with van der Waals surface area (Å²) >= 11 is 0. The van der Waals surface area contributed by atoms with Gasteiger partial charge >= 0.3 is 0 Å². The fourth-order valence-electron chi connectivity index (χ4n) is 3.53. The van der Waals surface area contributed by atoms with Crippen LogP contribution in [0.15, 0.2) is 72.8 Å². The summed E-state index contributed by atoms with van der Waals surface area (Å²) in [5.41, 5.74) is 1.68. The first kappa shape index (κ1) is 29.3. The number of carboxylic acids is 2. The summed E-state index contributed by atoms with van der Waals surface area (Å²) in [5, 5.41) is 31.8. The Morgan fingerprint density at radius 2 is 1.09 bits per heavy atom. The van der Waals surface area contributed by atoms with Crippen LogP contribution in [0.3, 0.4) is 0 Å². The highest BCUT2D eigenvalue weighted by molar-refractivity contribution is 14.0. The molecule has 3 aromatic carbocycles. The molecule has 34 heavy (non-hydrogen) atoms. The molecule has 0 amide bonds. The van der Waals surface area contributed by atoms with Crippen LogP contribution in [0.5, 0.6) is 0 Å². The van der Waals surface area contributed by atoms with Crippen molar-refractivity contribution >= 4 is 35.9 Å². The lowest BCUT2D eigenvalue weighted by Gasteiger charge is -2.31. The van der Waals surface area contributed by atoms with Crippen molar-refractivity contribution in [2.45, 2.75) is 13.8 Å². The maximum Gasteiger partial charge on any atom is 0.102 e. The molecule has 0 fully saturated rings. The van der Waals surface area contributed by atoms with E-state index in [0.717, 1.165) is 24.1 Å². The summed E-state index contributed by atoms with van der Waals surface area (Å²) in [7, 11) is 2.16. The van der Waals surface area contributed by atoms with E-state index in [4.69, 9.17) is 5.11 Å². The molecule has 0 aliphatic rings. The fraction of sp³-hybridized carbons (Fsp3) is 0.259. The van der Waals surface area contributed by atoms with Crippen LogP contribution in [0.4, 0.5) is 0 Å². The number of likely N-dealkylation sites (N-methyl/N-ethyl adjacent to an activating group) is 1. The van der Waals surface area contributed by atoms with Gasteiger partial charge in [-0.25, -0.2) is 0 Å². The monoisotopic (exact) mass is 576 g/mol. The number of aliphatic hydroxyl groups excluding tert-OH is 1. The van der Waals surface area contributed by atoms with Gasteiger partial charge in [0.05, 0.1) is 38.7 Å². The lowest BCUT2D eigenvalue weighted by Crippen LogP contribution is -2.45. The molecule has 0 aliphatic carbocycles. The summed E-state index contributed by atoms with van der Waals surface area (Å²) in [6.07, 6.45) is 0. The van der Waals surface area contributed by atoms with E-state index < -0.39 is 11.9 Å². The summed E-state index contributed by atoms with van der Waals surface area (Å²) in [6, 6.07) is 20.0. The number of carbonyl (C=O) groups is 2. The number of aromatic carboxylic acids is 2. The second-order valence-corrected chi connectivity index (χ2v) is 7.92. The van der Waals surface area contributed by atoms with E-state index in [-0.39, 0.29) is 35.1 Å². The van der Waals surface area contributed by atoms with Crippen LogP contribution in [0, 0.1) is 0 Å². The van der Waals surface area contributed by atoms with Crippen molar-refractivity contribution in [3.05, 3.63) is 83.9 Å². The van der Waals surface area contributed by atoms with Crippen LogP contribution in [-0.4, -0.2) is 54.8 Å². The Kier molecular flexibility index (Phi) is 11.9. The number of hydrogen-bond acceptors (Lipinski definition) is 5. The minimum absolute atomic E-state index is 0. The summed E-state index contributed by atoms with van der Waals surface area (Å²) in [6.45, 7) is 7.71. The van der Waals surface area contributed by atoms with Crippen molar-refractivity contribution in [3.63, 3.8) is 0 Å². The number of hydrogen-bond donors (Lipinski definition) is 1. The number of carbonyl (C=O) groups excluding carboxylic acids is 2. The van der Waals surface area contributed by atoms with Crippen LogP contribution >= 0.6 is 24.0 Å². The zero-order valence-corrected chi connectivity index (χ0v) is 22.0. The minimum atomic E-state index is -1.36. The van der Waals surface area contributed by atoms with Crippen molar-refractivity contribution in [2.24, 2.45) is 0 Å². The number of halogens is 1. The van der Waals surface area contributed by atoms with E-state index in [2.05, 4.69) is 20.9 Å². The third-order valence-corrected chi connectivity index (χ3v) is 5.94. The number of carboxylic acid groups (broad SMARTS) is 2. The molecule has 3 aromatic rings. The normalized spacial score (nSPS) is 10.5. The molecular weight excluding hydrogens is 545 g/mol. The minimum Gasteiger partial charge on any atom is -0.545 e.